The number of halogens is 1. The second kappa shape index (κ2) is 2.97. The number of fused-ring (bicyclic) bond motifs is 2. The molecule has 0 aliphatic carbocycles. The van der Waals surface area contributed by atoms with Crippen LogP contribution in [0.1, 0.15) is 12.0 Å². The van der Waals surface area contributed by atoms with Crippen molar-refractivity contribution >= 4 is 21.6 Å². The maximum Gasteiger partial charge on any atom is 0.0581 e. The third-order valence-electron chi connectivity index (χ3n) is 3.27. The molecule has 14 heavy (non-hydrogen) atoms. The highest BCUT2D eigenvalue weighted by molar-refractivity contribution is 9.10. The molecule has 2 heterocycles. The number of nitrogens with one attached hydrogen (secondary N) is 1. The van der Waals surface area contributed by atoms with Crippen molar-refractivity contribution < 1.29 is 4.74 Å². The van der Waals surface area contributed by atoms with E-state index in [-0.39, 0.29) is 5.41 Å². The fourth-order valence-electron chi connectivity index (χ4n) is 2.43. The molecule has 1 unspecified atom stereocenters. The molecule has 3 heteroatoms. The summed E-state index contributed by atoms with van der Waals surface area (Å²) < 4.78 is 6.68. The molecule has 0 aromatic heterocycles. The molecular formula is C11H12BrNO. The largest absolute Gasteiger partial charge is 0.384 e. The monoisotopic (exact) mass is 253 g/mol. The summed E-state index contributed by atoms with van der Waals surface area (Å²) in [6, 6.07) is 6.46. The van der Waals surface area contributed by atoms with Crippen molar-refractivity contribution in [1.82, 2.24) is 0 Å². The van der Waals surface area contributed by atoms with Gasteiger partial charge in [0.2, 0.25) is 0 Å². The van der Waals surface area contributed by atoms with Crippen molar-refractivity contribution in [3.63, 3.8) is 0 Å². The normalized spacial score (nSPS) is 29.2. The second-order valence-corrected chi connectivity index (χ2v) is 5.04. The Kier molecular flexibility index (Phi) is 1.86. The minimum absolute atomic E-state index is 0.249. The van der Waals surface area contributed by atoms with Gasteiger partial charge in [-0.2, -0.15) is 0 Å². The predicted octanol–water partition coefficient (Wildman–Crippen LogP) is 2.53. The summed E-state index contributed by atoms with van der Waals surface area (Å²) in [5.74, 6) is 0. The van der Waals surface area contributed by atoms with E-state index in [4.69, 9.17) is 4.74 Å². The zero-order chi connectivity index (χ0) is 9.60. The minimum Gasteiger partial charge on any atom is -0.384 e. The molecule has 2 nitrogen and oxygen atoms in total. The molecule has 2 aliphatic rings. The first-order valence-electron chi connectivity index (χ1n) is 4.92. The lowest BCUT2D eigenvalue weighted by Gasteiger charge is -2.20. The highest BCUT2D eigenvalue weighted by Gasteiger charge is 2.42. The number of anilines is 1. The van der Waals surface area contributed by atoms with Gasteiger partial charge >= 0.3 is 0 Å². The summed E-state index contributed by atoms with van der Waals surface area (Å²) >= 11 is 3.53. The summed E-state index contributed by atoms with van der Waals surface area (Å²) in [5.41, 5.74) is 2.95. The third kappa shape index (κ3) is 1.12. The molecule has 1 spiro atoms. The lowest BCUT2D eigenvalue weighted by atomic mass is 9.82. The SMILES string of the molecule is Brc1ccc2c(c1)C1(CCOC1)CN2. The summed E-state index contributed by atoms with van der Waals surface area (Å²) in [7, 11) is 0. The van der Waals surface area contributed by atoms with Gasteiger partial charge in [-0.05, 0) is 30.2 Å². The lowest BCUT2D eigenvalue weighted by molar-refractivity contribution is 0.181. The minimum atomic E-state index is 0.249. The van der Waals surface area contributed by atoms with E-state index < -0.39 is 0 Å². The zero-order valence-electron chi connectivity index (χ0n) is 7.85. The zero-order valence-corrected chi connectivity index (χ0v) is 9.43. The molecular weight excluding hydrogens is 242 g/mol. The second-order valence-electron chi connectivity index (χ2n) is 4.13. The average molecular weight is 254 g/mol. The van der Waals surface area contributed by atoms with Crippen molar-refractivity contribution in [2.24, 2.45) is 0 Å². The molecule has 1 fully saturated rings. The van der Waals surface area contributed by atoms with Crippen molar-refractivity contribution in [3.8, 4) is 0 Å². The van der Waals surface area contributed by atoms with E-state index in [2.05, 4.69) is 39.4 Å². The van der Waals surface area contributed by atoms with Gasteiger partial charge in [-0.3, -0.25) is 0 Å². The molecule has 3 rings (SSSR count). The first-order valence-corrected chi connectivity index (χ1v) is 5.71. The maximum absolute atomic E-state index is 5.52. The first kappa shape index (κ1) is 8.74. The van der Waals surface area contributed by atoms with Gasteiger partial charge in [-0.1, -0.05) is 15.9 Å². The Balaban J connectivity index is 2.12. The molecule has 1 aromatic rings. The Morgan fingerprint density at radius 1 is 1.43 bits per heavy atom. The Hall–Kier alpha value is -0.540. The summed E-state index contributed by atoms with van der Waals surface area (Å²) in [6.45, 7) is 2.79. The van der Waals surface area contributed by atoms with E-state index in [1.807, 2.05) is 0 Å². The van der Waals surface area contributed by atoms with Gasteiger partial charge in [0.15, 0.2) is 0 Å². The number of ether oxygens (including phenoxy) is 1. The standard InChI is InChI=1S/C11H12BrNO/c12-8-1-2-10-9(5-8)11(6-13-10)3-4-14-7-11/h1-2,5,13H,3-4,6-7H2. The van der Waals surface area contributed by atoms with Crippen LogP contribution >= 0.6 is 15.9 Å². The molecule has 0 radical (unpaired) electrons. The van der Waals surface area contributed by atoms with Crippen LogP contribution in [0.3, 0.4) is 0 Å². The predicted molar refractivity (Wildman–Crippen MR) is 59.7 cm³/mol. The number of hydrogen-bond donors (Lipinski definition) is 1. The van der Waals surface area contributed by atoms with Gasteiger partial charge in [0, 0.05) is 28.7 Å². The third-order valence-corrected chi connectivity index (χ3v) is 3.77. The van der Waals surface area contributed by atoms with E-state index in [9.17, 15) is 0 Å². The van der Waals surface area contributed by atoms with Crippen LogP contribution in [0.2, 0.25) is 0 Å². The van der Waals surface area contributed by atoms with Crippen LogP contribution in [0.5, 0.6) is 0 Å². The van der Waals surface area contributed by atoms with Gasteiger partial charge in [0.1, 0.15) is 0 Å². The van der Waals surface area contributed by atoms with E-state index in [1.165, 1.54) is 11.3 Å². The van der Waals surface area contributed by atoms with Gasteiger partial charge < -0.3 is 10.1 Å². The van der Waals surface area contributed by atoms with Crippen molar-refractivity contribution in [1.29, 1.82) is 0 Å². The summed E-state index contributed by atoms with van der Waals surface area (Å²) in [6.07, 6.45) is 1.14. The highest BCUT2D eigenvalue weighted by atomic mass is 79.9. The number of benzene rings is 1. The van der Waals surface area contributed by atoms with E-state index >= 15 is 0 Å². The van der Waals surface area contributed by atoms with Crippen LogP contribution in [-0.2, 0) is 10.2 Å². The molecule has 74 valence electrons. The van der Waals surface area contributed by atoms with Crippen molar-refractivity contribution in [3.05, 3.63) is 28.2 Å². The van der Waals surface area contributed by atoms with Gasteiger partial charge in [0.05, 0.1) is 6.61 Å². The smallest absolute Gasteiger partial charge is 0.0581 e. The molecule has 0 bridgehead atoms. The number of hydrogen-bond acceptors (Lipinski definition) is 2. The Morgan fingerprint density at radius 2 is 2.36 bits per heavy atom. The average Bonchev–Trinajstić information content (AvgIpc) is 2.77. The number of rotatable bonds is 0. The van der Waals surface area contributed by atoms with Gasteiger partial charge in [-0.25, -0.2) is 0 Å². The van der Waals surface area contributed by atoms with Crippen LogP contribution in [0, 0.1) is 0 Å². The van der Waals surface area contributed by atoms with Crippen LogP contribution in [-0.4, -0.2) is 19.8 Å². The van der Waals surface area contributed by atoms with E-state index in [0.29, 0.717) is 0 Å². The molecule has 1 aromatic carbocycles. The first-order chi connectivity index (χ1) is 6.80. The van der Waals surface area contributed by atoms with Crippen molar-refractivity contribution in [2.75, 3.05) is 25.1 Å². The molecule has 1 N–H and O–H groups in total. The van der Waals surface area contributed by atoms with Crippen LogP contribution in [0.4, 0.5) is 5.69 Å². The topological polar surface area (TPSA) is 21.3 Å². The highest BCUT2D eigenvalue weighted by Crippen LogP contribution is 2.43. The van der Waals surface area contributed by atoms with Crippen LogP contribution in [0.15, 0.2) is 22.7 Å². The summed E-state index contributed by atoms with van der Waals surface area (Å²) in [4.78, 5) is 0. The van der Waals surface area contributed by atoms with Crippen LogP contribution in [0.25, 0.3) is 0 Å². The van der Waals surface area contributed by atoms with Gasteiger partial charge in [0.25, 0.3) is 0 Å². The Bertz CT molecular complexity index is 372. The van der Waals surface area contributed by atoms with E-state index in [0.717, 1.165) is 30.7 Å². The Labute approximate surface area is 91.8 Å². The van der Waals surface area contributed by atoms with Crippen LogP contribution < -0.4 is 5.32 Å². The lowest BCUT2D eigenvalue weighted by Crippen LogP contribution is -2.28. The fraction of sp³-hybridized carbons (Fsp3) is 0.455. The van der Waals surface area contributed by atoms with Crippen molar-refractivity contribution in [2.45, 2.75) is 11.8 Å². The fourth-order valence-corrected chi connectivity index (χ4v) is 2.79. The maximum atomic E-state index is 5.52. The Morgan fingerprint density at radius 3 is 3.14 bits per heavy atom. The summed E-state index contributed by atoms with van der Waals surface area (Å²) in [5, 5.41) is 3.46. The molecule has 2 aliphatic heterocycles. The molecule has 1 atom stereocenters. The van der Waals surface area contributed by atoms with Gasteiger partial charge in [-0.15, -0.1) is 0 Å². The van der Waals surface area contributed by atoms with E-state index in [1.54, 1.807) is 0 Å². The molecule has 0 amide bonds. The molecule has 1 saturated heterocycles. The molecule has 0 saturated carbocycles. The quantitative estimate of drug-likeness (QED) is 0.768.